The van der Waals surface area contributed by atoms with Gasteiger partial charge in [-0.3, -0.25) is 0 Å². The van der Waals surface area contributed by atoms with Crippen LogP contribution in [0, 0.1) is 0 Å². The van der Waals surface area contributed by atoms with E-state index >= 15 is 0 Å². The largest absolute Gasteiger partial charge is 0.490 e. The molecule has 1 saturated heterocycles. The Morgan fingerprint density at radius 2 is 2.00 bits per heavy atom. The molecule has 0 amide bonds. The van der Waals surface area contributed by atoms with Crippen molar-refractivity contribution < 1.29 is 9.47 Å². The van der Waals surface area contributed by atoms with Crippen molar-refractivity contribution in [2.24, 2.45) is 0 Å². The maximum atomic E-state index is 6.35. The van der Waals surface area contributed by atoms with E-state index in [1.807, 2.05) is 6.07 Å². The molecule has 1 aromatic rings. The Morgan fingerprint density at radius 1 is 1.19 bits per heavy atom. The molecule has 1 aliphatic heterocycles. The molecule has 1 unspecified atom stereocenters. The number of rotatable bonds is 4. The molecule has 1 atom stereocenters. The molecular weight excluding hydrogens is 396 g/mol. The third-order valence-corrected chi connectivity index (χ3v) is 5.95. The van der Waals surface area contributed by atoms with Crippen molar-refractivity contribution in [3.8, 4) is 5.75 Å². The number of ether oxygens (including phenoxy) is 2. The molecular formula is C17H22Br2O2. The van der Waals surface area contributed by atoms with E-state index in [-0.39, 0.29) is 11.7 Å². The van der Waals surface area contributed by atoms with Gasteiger partial charge in [-0.25, -0.2) is 0 Å². The van der Waals surface area contributed by atoms with Crippen molar-refractivity contribution >= 4 is 31.9 Å². The Bertz CT molecular complexity index is 484. The van der Waals surface area contributed by atoms with Crippen molar-refractivity contribution in [2.75, 3.05) is 6.61 Å². The third-order valence-electron chi connectivity index (χ3n) is 4.68. The second-order valence-corrected chi connectivity index (χ2v) is 7.65. The first-order valence-electron chi connectivity index (χ1n) is 7.86. The zero-order chi connectivity index (χ0) is 14.7. The van der Waals surface area contributed by atoms with E-state index in [1.54, 1.807) is 0 Å². The lowest BCUT2D eigenvalue weighted by Crippen LogP contribution is -2.32. The number of alkyl halides is 1. The highest BCUT2D eigenvalue weighted by Gasteiger charge is 2.40. The van der Waals surface area contributed by atoms with Crippen molar-refractivity contribution in [1.82, 2.24) is 0 Å². The lowest BCUT2D eigenvalue weighted by molar-refractivity contribution is -0.0749. The van der Waals surface area contributed by atoms with E-state index < -0.39 is 0 Å². The molecule has 1 heterocycles. The van der Waals surface area contributed by atoms with Crippen LogP contribution in [0.15, 0.2) is 22.7 Å². The minimum Gasteiger partial charge on any atom is -0.490 e. The normalized spacial score (nSPS) is 24.4. The minimum atomic E-state index is 0.184. The molecule has 1 aromatic carbocycles. The zero-order valence-corrected chi connectivity index (χ0v) is 15.4. The van der Waals surface area contributed by atoms with Gasteiger partial charge in [0.1, 0.15) is 12.4 Å². The van der Waals surface area contributed by atoms with E-state index in [4.69, 9.17) is 9.47 Å². The Morgan fingerprint density at radius 3 is 2.71 bits per heavy atom. The van der Waals surface area contributed by atoms with E-state index in [0.29, 0.717) is 6.61 Å². The van der Waals surface area contributed by atoms with Gasteiger partial charge in [-0.15, -0.1) is 0 Å². The van der Waals surface area contributed by atoms with Crippen molar-refractivity contribution in [3.05, 3.63) is 28.2 Å². The molecule has 0 radical (unpaired) electrons. The van der Waals surface area contributed by atoms with Crippen LogP contribution in [0.25, 0.3) is 0 Å². The Labute approximate surface area is 143 Å². The van der Waals surface area contributed by atoms with Crippen LogP contribution < -0.4 is 4.74 Å². The maximum absolute atomic E-state index is 6.35. The first-order valence-corrected chi connectivity index (χ1v) is 9.77. The van der Waals surface area contributed by atoms with E-state index in [9.17, 15) is 0 Å². The lowest BCUT2D eigenvalue weighted by atomic mass is 9.83. The van der Waals surface area contributed by atoms with Crippen LogP contribution in [0.2, 0.25) is 0 Å². The molecule has 4 heteroatoms. The topological polar surface area (TPSA) is 18.5 Å². The van der Waals surface area contributed by atoms with Gasteiger partial charge in [0.05, 0.1) is 16.2 Å². The van der Waals surface area contributed by atoms with Gasteiger partial charge >= 0.3 is 0 Å². The monoisotopic (exact) mass is 416 g/mol. The summed E-state index contributed by atoms with van der Waals surface area (Å²) in [6.07, 6.45) is 9.12. The molecule has 1 spiro atoms. The summed E-state index contributed by atoms with van der Waals surface area (Å²) in [5, 5.41) is 0.861. The van der Waals surface area contributed by atoms with Crippen LogP contribution in [0.3, 0.4) is 0 Å². The fraction of sp³-hybridized carbons (Fsp3) is 0.647. The van der Waals surface area contributed by atoms with E-state index in [0.717, 1.165) is 22.0 Å². The Hall–Kier alpha value is -0.0600. The standard InChI is InChI=1S/C17H22Br2O2/c18-11-13-4-5-16(15(19)10-13)20-12-14-6-9-17(21-14)7-2-1-3-8-17/h4-5,10,14H,1-3,6-9,11-12H2. The smallest absolute Gasteiger partial charge is 0.133 e. The SMILES string of the molecule is BrCc1ccc(OCC2CCC3(CCCCC3)O2)c(Br)c1. The van der Waals surface area contributed by atoms with Gasteiger partial charge in [0.2, 0.25) is 0 Å². The summed E-state index contributed by atoms with van der Waals surface area (Å²) in [4.78, 5) is 0. The average molecular weight is 418 g/mol. The molecule has 1 aliphatic carbocycles. The predicted octanol–water partition coefficient (Wildman–Crippen LogP) is 5.60. The average Bonchev–Trinajstić information content (AvgIpc) is 2.89. The summed E-state index contributed by atoms with van der Waals surface area (Å²) in [6.45, 7) is 0.661. The van der Waals surface area contributed by atoms with E-state index in [1.165, 1.54) is 44.1 Å². The summed E-state index contributed by atoms with van der Waals surface area (Å²) in [6, 6.07) is 6.22. The summed E-state index contributed by atoms with van der Waals surface area (Å²) in [5.74, 6) is 0.910. The summed E-state index contributed by atoms with van der Waals surface area (Å²) >= 11 is 7.05. The molecule has 0 aromatic heterocycles. The number of hydrogen-bond donors (Lipinski definition) is 0. The van der Waals surface area contributed by atoms with Gasteiger partial charge < -0.3 is 9.47 Å². The molecule has 2 aliphatic rings. The van der Waals surface area contributed by atoms with Crippen molar-refractivity contribution in [1.29, 1.82) is 0 Å². The van der Waals surface area contributed by atoms with Crippen LogP contribution in [-0.2, 0) is 10.1 Å². The highest BCUT2D eigenvalue weighted by molar-refractivity contribution is 9.10. The molecule has 2 nitrogen and oxygen atoms in total. The molecule has 21 heavy (non-hydrogen) atoms. The van der Waals surface area contributed by atoms with Gasteiger partial charge in [-0.1, -0.05) is 41.3 Å². The van der Waals surface area contributed by atoms with Gasteiger partial charge in [-0.05, 0) is 59.3 Å². The zero-order valence-electron chi connectivity index (χ0n) is 12.2. The summed E-state index contributed by atoms with van der Waals surface area (Å²) in [5.41, 5.74) is 1.43. The van der Waals surface area contributed by atoms with Gasteiger partial charge in [0, 0.05) is 5.33 Å². The Balaban J connectivity index is 1.54. The molecule has 1 saturated carbocycles. The fourth-order valence-electron chi connectivity index (χ4n) is 3.50. The van der Waals surface area contributed by atoms with Gasteiger partial charge in [0.15, 0.2) is 0 Å². The highest BCUT2D eigenvalue weighted by Crippen LogP contribution is 2.42. The first-order chi connectivity index (χ1) is 10.2. The van der Waals surface area contributed by atoms with Gasteiger partial charge in [-0.2, -0.15) is 0 Å². The quantitative estimate of drug-likeness (QED) is 0.593. The third kappa shape index (κ3) is 3.83. The molecule has 2 fully saturated rings. The second kappa shape index (κ2) is 7.01. The van der Waals surface area contributed by atoms with Crippen LogP contribution >= 0.6 is 31.9 Å². The van der Waals surface area contributed by atoms with Crippen LogP contribution in [0.5, 0.6) is 5.75 Å². The number of benzene rings is 1. The number of hydrogen-bond acceptors (Lipinski definition) is 2. The molecule has 0 N–H and O–H groups in total. The summed E-state index contributed by atoms with van der Waals surface area (Å²) in [7, 11) is 0. The first kappa shape index (κ1) is 15.8. The van der Waals surface area contributed by atoms with Gasteiger partial charge in [0.25, 0.3) is 0 Å². The molecule has 116 valence electrons. The fourth-order valence-corrected chi connectivity index (χ4v) is 4.39. The maximum Gasteiger partial charge on any atom is 0.133 e. The number of halogens is 2. The Kier molecular flexibility index (Phi) is 5.28. The molecule has 3 rings (SSSR count). The predicted molar refractivity (Wildman–Crippen MR) is 92.2 cm³/mol. The molecule has 0 bridgehead atoms. The van der Waals surface area contributed by atoms with Crippen molar-refractivity contribution in [3.63, 3.8) is 0 Å². The van der Waals surface area contributed by atoms with Crippen molar-refractivity contribution in [2.45, 2.75) is 62.0 Å². The lowest BCUT2D eigenvalue weighted by Gasteiger charge is -2.33. The second-order valence-electron chi connectivity index (χ2n) is 6.23. The minimum absolute atomic E-state index is 0.184. The van der Waals surface area contributed by atoms with E-state index in [2.05, 4.69) is 44.0 Å². The van der Waals surface area contributed by atoms with Crippen LogP contribution in [-0.4, -0.2) is 18.3 Å². The highest BCUT2D eigenvalue weighted by atomic mass is 79.9. The van der Waals surface area contributed by atoms with Crippen LogP contribution in [0.4, 0.5) is 0 Å². The van der Waals surface area contributed by atoms with Crippen LogP contribution in [0.1, 0.15) is 50.5 Å². The summed E-state index contributed by atoms with van der Waals surface area (Å²) < 4.78 is 13.3.